The van der Waals surface area contributed by atoms with Crippen molar-refractivity contribution in [3.05, 3.63) is 60.8 Å². The summed E-state index contributed by atoms with van der Waals surface area (Å²) in [6.07, 6.45) is 48.4. The number of allylic oxidation sites excluding steroid dienone is 10. The highest BCUT2D eigenvalue weighted by molar-refractivity contribution is 5.80. The fourth-order valence-electron chi connectivity index (χ4n) is 8.62. The minimum absolute atomic E-state index is 0.237. The Hall–Kier alpha value is -2.19. The summed E-state index contributed by atoms with van der Waals surface area (Å²) in [5.74, 6) is -0.718. The van der Waals surface area contributed by atoms with Crippen molar-refractivity contribution in [3.63, 3.8) is 0 Å². The van der Waals surface area contributed by atoms with Gasteiger partial charge < -0.3 is 50.5 Å². The molecule has 0 saturated carbocycles. The Balaban J connectivity index is 2.37. The van der Waals surface area contributed by atoms with Gasteiger partial charge in [-0.3, -0.25) is 4.79 Å². The lowest BCUT2D eigenvalue weighted by Crippen LogP contribution is -2.60. The Morgan fingerprint density at radius 1 is 0.507 bits per heavy atom. The van der Waals surface area contributed by atoms with E-state index in [0.717, 1.165) is 64.2 Å². The normalized spacial score (nSPS) is 20.9. The van der Waals surface area contributed by atoms with Crippen LogP contribution in [0.1, 0.15) is 232 Å². The molecule has 0 aliphatic carbocycles. The number of amides is 1. The zero-order valence-corrected chi connectivity index (χ0v) is 43.8. The molecule has 0 aromatic carbocycles. The first kappa shape index (κ1) is 64.8. The SMILES string of the molecule is CCCCCCC/C=C/CC/C=C/CC/C=C/CCCC(O)C(O)C(COC1OC(CO)C(O)C(O)C1O)NC(=O)C(O)CCCCCCCCCC/C=C\C/C=C\CCCCCCCCCCC. The van der Waals surface area contributed by atoms with Crippen molar-refractivity contribution in [1.82, 2.24) is 5.32 Å². The molecule has 1 saturated heterocycles. The zero-order valence-electron chi connectivity index (χ0n) is 43.8. The highest BCUT2D eigenvalue weighted by Gasteiger charge is 2.44. The van der Waals surface area contributed by atoms with E-state index in [1.54, 1.807) is 0 Å². The van der Waals surface area contributed by atoms with E-state index in [9.17, 15) is 40.5 Å². The Morgan fingerprint density at radius 3 is 1.38 bits per heavy atom. The van der Waals surface area contributed by atoms with Crippen molar-refractivity contribution in [1.29, 1.82) is 0 Å². The van der Waals surface area contributed by atoms with Crippen LogP contribution in [0.5, 0.6) is 0 Å². The number of aliphatic hydroxyl groups excluding tert-OH is 7. The second-order valence-electron chi connectivity index (χ2n) is 19.6. The Labute approximate surface area is 421 Å². The molecule has 1 heterocycles. The minimum atomic E-state index is -1.68. The molecule has 0 aromatic rings. The second kappa shape index (κ2) is 46.9. The first-order valence-electron chi connectivity index (χ1n) is 28.2. The number of ether oxygens (including phenoxy) is 2. The van der Waals surface area contributed by atoms with E-state index in [1.807, 2.05) is 0 Å². The lowest BCUT2D eigenvalue weighted by Gasteiger charge is -2.40. The summed E-state index contributed by atoms with van der Waals surface area (Å²) in [7, 11) is 0. The lowest BCUT2D eigenvalue weighted by molar-refractivity contribution is -0.303. The van der Waals surface area contributed by atoms with Crippen LogP contribution in [0.25, 0.3) is 0 Å². The van der Waals surface area contributed by atoms with Gasteiger partial charge in [-0.15, -0.1) is 0 Å². The van der Waals surface area contributed by atoms with Crippen LogP contribution in [0.3, 0.4) is 0 Å². The standard InChI is InChI=1S/C58H105NO10/c1-3-5-7-9-11-13-15-17-19-21-23-24-25-26-27-28-30-32-34-36-38-40-42-44-46-51(62)57(67)59-49(48-68-58-56(66)55(65)54(64)52(47-60)69-58)53(63)50(61)45-43-41-39-37-35-33-31-29-22-20-18-16-14-12-10-8-6-4-2/h16,18,23-24,26-27,29,31,37,39,49-56,58,60-66H,3-15,17,19-22,25,28,30,32-36,38,40-48H2,1-2H3,(H,59,67)/b18-16+,24-23-,27-26-,31-29+,39-37+. The van der Waals surface area contributed by atoms with Gasteiger partial charge in [0.05, 0.1) is 25.4 Å². The summed E-state index contributed by atoms with van der Waals surface area (Å²) in [5.41, 5.74) is 0. The molecule has 0 radical (unpaired) electrons. The van der Waals surface area contributed by atoms with Gasteiger partial charge in [-0.2, -0.15) is 0 Å². The molecule has 11 nitrogen and oxygen atoms in total. The van der Waals surface area contributed by atoms with Gasteiger partial charge in [-0.25, -0.2) is 0 Å². The predicted molar refractivity (Wildman–Crippen MR) is 284 cm³/mol. The van der Waals surface area contributed by atoms with Crippen LogP contribution in [0.2, 0.25) is 0 Å². The highest BCUT2D eigenvalue weighted by atomic mass is 16.7. The van der Waals surface area contributed by atoms with Crippen LogP contribution < -0.4 is 5.32 Å². The molecule has 69 heavy (non-hydrogen) atoms. The van der Waals surface area contributed by atoms with E-state index >= 15 is 0 Å². The van der Waals surface area contributed by atoms with Crippen LogP contribution in [-0.4, -0.2) is 110 Å². The van der Waals surface area contributed by atoms with Crippen molar-refractivity contribution in [2.75, 3.05) is 13.2 Å². The van der Waals surface area contributed by atoms with E-state index in [4.69, 9.17) is 9.47 Å². The van der Waals surface area contributed by atoms with Crippen molar-refractivity contribution in [2.45, 2.75) is 287 Å². The molecule has 1 aliphatic rings. The van der Waals surface area contributed by atoms with Crippen molar-refractivity contribution < 1.29 is 50.0 Å². The van der Waals surface area contributed by atoms with E-state index in [0.29, 0.717) is 19.3 Å². The third kappa shape index (κ3) is 35.6. The van der Waals surface area contributed by atoms with Crippen LogP contribution in [0.4, 0.5) is 0 Å². The maximum Gasteiger partial charge on any atom is 0.249 e. The second-order valence-corrected chi connectivity index (χ2v) is 19.6. The Bertz CT molecular complexity index is 1300. The van der Waals surface area contributed by atoms with Gasteiger partial charge >= 0.3 is 0 Å². The molecule has 0 aromatic heterocycles. The van der Waals surface area contributed by atoms with Crippen molar-refractivity contribution in [2.24, 2.45) is 0 Å². The van der Waals surface area contributed by atoms with E-state index in [1.165, 1.54) is 122 Å². The molecule has 11 heteroatoms. The van der Waals surface area contributed by atoms with Crippen LogP contribution in [-0.2, 0) is 14.3 Å². The molecule has 402 valence electrons. The molecule has 0 spiro atoms. The molecule has 0 bridgehead atoms. The molecule has 8 N–H and O–H groups in total. The van der Waals surface area contributed by atoms with Crippen molar-refractivity contribution >= 4 is 5.91 Å². The predicted octanol–water partition coefficient (Wildman–Crippen LogP) is 11.5. The number of aliphatic hydroxyl groups is 7. The molecule has 1 fully saturated rings. The Morgan fingerprint density at radius 2 is 0.913 bits per heavy atom. The van der Waals surface area contributed by atoms with Gasteiger partial charge in [0, 0.05) is 0 Å². The zero-order chi connectivity index (χ0) is 50.4. The van der Waals surface area contributed by atoms with E-state index in [2.05, 4.69) is 79.9 Å². The summed E-state index contributed by atoms with van der Waals surface area (Å²) in [5, 5.41) is 76.0. The smallest absolute Gasteiger partial charge is 0.249 e. The highest BCUT2D eigenvalue weighted by Crippen LogP contribution is 2.23. The van der Waals surface area contributed by atoms with Gasteiger partial charge in [-0.1, -0.05) is 197 Å². The number of hydrogen-bond acceptors (Lipinski definition) is 10. The van der Waals surface area contributed by atoms with Crippen LogP contribution in [0, 0.1) is 0 Å². The Kier molecular flexibility index (Phi) is 44.0. The third-order valence-electron chi connectivity index (χ3n) is 13.2. The molecule has 1 aliphatic heterocycles. The van der Waals surface area contributed by atoms with Gasteiger partial charge in [0.2, 0.25) is 5.91 Å². The van der Waals surface area contributed by atoms with Crippen molar-refractivity contribution in [3.8, 4) is 0 Å². The molecule has 1 amide bonds. The maximum absolute atomic E-state index is 13.2. The summed E-state index contributed by atoms with van der Waals surface area (Å²) >= 11 is 0. The quantitative estimate of drug-likeness (QED) is 0.0215. The lowest BCUT2D eigenvalue weighted by atomic mass is 9.98. The molecule has 9 atom stereocenters. The summed E-state index contributed by atoms with van der Waals surface area (Å²) in [6.45, 7) is 3.42. The van der Waals surface area contributed by atoms with Gasteiger partial charge in [0.1, 0.15) is 36.6 Å². The third-order valence-corrected chi connectivity index (χ3v) is 13.2. The number of unbranched alkanes of at least 4 members (excludes halogenated alkanes) is 25. The average Bonchev–Trinajstić information content (AvgIpc) is 3.35. The molecular formula is C58H105NO10. The number of carbonyl (C=O) groups is 1. The summed E-state index contributed by atoms with van der Waals surface area (Å²) in [4.78, 5) is 13.2. The van der Waals surface area contributed by atoms with E-state index < -0.39 is 74.2 Å². The molecule has 9 unspecified atom stereocenters. The fourth-order valence-corrected chi connectivity index (χ4v) is 8.62. The number of nitrogens with one attached hydrogen (secondary N) is 1. The summed E-state index contributed by atoms with van der Waals surface area (Å²) < 4.78 is 11.1. The monoisotopic (exact) mass is 976 g/mol. The number of carbonyl (C=O) groups excluding carboxylic acids is 1. The minimum Gasteiger partial charge on any atom is -0.394 e. The van der Waals surface area contributed by atoms with Gasteiger partial charge in [0.15, 0.2) is 6.29 Å². The average molecular weight is 976 g/mol. The topological polar surface area (TPSA) is 189 Å². The number of rotatable bonds is 47. The summed E-state index contributed by atoms with van der Waals surface area (Å²) in [6, 6.07) is -1.20. The largest absolute Gasteiger partial charge is 0.394 e. The van der Waals surface area contributed by atoms with Crippen LogP contribution in [0.15, 0.2) is 60.8 Å². The maximum atomic E-state index is 13.2. The van der Waals surface area contributed by atoms with E-state index in [-0.39, 0.29) is 12.8 Å². The van der Waals surface area contributed by atoms with Gasteiger partial charge in [-0.05, 0) is 96.3 Å². The first-order chi connectivity index (χ1) is 33.7. The molecular weight excluding hydrogens is 871 g/mol. The molecule has 1 rings (SSSR count). The fraction of sp³-hybridized carbons (Fsp3) is 0.810. The van der Waals surface area contributed by atoms with Crippen LogP contribution >= 0.6 is 0 Å². The van der Waals surface area contributed by atoms with Gasteiger partial charge in [0.25, 0.3) is 0 Å². The first-order valence-corrected chi connectivity index (χ1v) is 28.2. The number of hydrogen-bond donors (Lipinski definition) is 8.